The first-order chi connectivity index (χ1) is 8.98. The van der Waals surface area contributed by atoms with E-state index in [4.69, 9.17) is 5.11 Å². The Morgan fingerprint density at radius 1 is 1.30 bits per heavy atom. The zero-order valence-electron chi connectivity index (χ0n) is 11.9. The molecule has 1 fully saturated rings. The second-order valence-corrected chi connectivity index (χ2v) is 9.40. The van der Waals surface area contributed by atoms with Gasteiger partial charge in [0.1, 0.15) is 4.21 Å². The van der Waals surface area contributed by atoms with Crippen molar-refractivity contribution < 1.29 is 18.3 Å². The average molecular weight is 317 g/mol. The summed E-state index contributed by atoms with van der Waals surface area (Å²) in [5, 5.41) is 8.71. The van der Waals surface area contributed by atoms with Gasteiger partial charge in [-0.2, -0.15) is 0 Å². The highest BCUT2D eigenvalue weighted by Gasteiger charge is 2.66. The number of carboxylic acid groups (broad SMARTS) is 1. The van der Waals surface area contributed by atoms with Crippen molar-refractivity contribution in [2.45, 2.75) is 44.4 Å². The molecule has 0 aromatic carbocycles. The molecule has 0 aliphatic heterocycles. The van der Waals surface area contributed by atoms with Crippen molar-refractivity contribution in [1.82, 2.24) is 4.72 Å². The predicted molar refractivity (Wildman–Crippen MR) is 77.3 cm³/mol. The molecule has 20 heavy (non-hydrogen) atoms. The molecule has 1 aliphatic carbocycles. The topological polar surface area (TPSA) is 83.5 Å². The molecule has 0 radical (unpaired) electrons. The van der Waals surface area contributed by atoms with Gasteiger partial charge in [-0.25, -0.2) is 13.1 Å². The van der Waals surface area contributed by atoms with Crippen LogP contribution in [0.15, 0.2) is 16.3 Å². The van der Waals surface area contributed by atoms with Gasteiger partial charge in [-0.3, -0.25) is 4.79 Å². The lowest BCUT2D eigenvalue weighted by Gasteiger charge is -2.06. The summed E-state index contributed by atoms with van der Waals surface area (Å²) in [5.41, 5.74) is -0.164. The fraction of sp³-hybridized carbons (Fsp3) is 0.615. The molecule has 1 aromatic heterocycles. The Labute approximate surface area is 123 Å². The second kappa shape index (κ2) is 4.54. The van der Waals surface area contributed by atoms with Crippen LogP contribution >= 0.6 is 11.3 Å². The van der Waals surface area contributed by atoms with E-state index in [2.05, 4.69) is 4.72 Å². The van der Waals surface area contributed by atoms with Crippen LogP contribution in [-0.2, 0) is 21.2 Å². The molecule has 1 heterocycles. The van der Waals surface area contributed by atoms with E-state index in [1.54, 1.807) is 6.07 Å². The molecule has 0 atom stereocenters. The maximum Gasteiger partial charge on any atom is 0.308 e. The van der Waals surface area contributed by atoms with Gasteiger partial charge >= 0.3 is 5.97 Å². The van der Waals surface area contributed by atoms with E-state index in [1.807, 2.05) is 27.7 Å². The molecular weight excluding hydrogens is 298 g/mol. The monoisotopic (exact) mass is 317 g/mol. The standard InChI is InChI=1S/C13H19NO4S2/c1-12(2)11(13(12,3)4)14-20(17,18)10-6-5-8(19-10)7-9(15)16/h5-6,11,14H,7H2,1-4H3,(H,15,16). The zero-order chi connectivity index (χ0) is 15.3. The molecular formula is C13H19NO4S2. The first-order valence-electron chi connectivity index (χ1n) is 6.31. The molecule has 5 nitrogen and oxygen atoms in total. The third-order valence-corrected chi connectivity index (χ3v) is 7.52. The highest BCUT2D eigenvalue weighted by Crippen LogP contribution is 2.63. The summed E-state index contributed by atoms with van der Waals surface area (Å²) in [6.07, 6.45) is -0.152. The van der Waals surface area contributed by atoms with Gasteiger partial charge in [0.25, 0.3) is 0 Å². The minimum atomic E-state index is -3.58. The maximum atomic E-state index is 12.3. The van der Waals surface area contributed by atoms with E-state index in [0.29, 0.717) is 4.88 Å². The molecule has 2 N–H and O–H groups in total. The number of hydrogen-bond acceptors (Lipinski definition) is 4. The minimum absolute atomic E-state index is 0.0821. The largest absolute Gasteiger partial charge is 0.481 e. The summed E-state index contributed by atoms with van der Waals surface area (Å²) < 4.78 is 27.5. The Hall–Kier alpha value is -0.920. The number of nitrogens with one attached hydrogen (secondary N) is 1. The zero-order valence-corrected chi connectivity index (χ0v) is 13.6. The van der Waals surface area contributed by atoms with Crippen molar-refractivity contribution in [3.8, 4) is 0 Å². The van der Waals surface area contributed by atoms with Crippen LogP contribution in [-0.4, -0.2) is 25.5 Å². The van der Waals surface area contributed by atoms with Crippen LogP contribution in [0.25, 0.3) is 0 Å². The van der Waals surface area contributed by atoms with Crippen molar-refractivity contribution in [3.63, 3.8) is 0 Å². The van der Waals surface area contributed by atoms with Crippen LogP contribution in [0.4, 0.5) is 0 Å². The van der Waals surface area contributed by atoms with Gasteiger partial charge in [0.05, 0.1) is 6.42 Å². The van der Waals surface area contributed by atoms with E-state index in [-0.39, 0.29) is 27.5 Å². The summed E-state index contributed by atoms with van der Waals surface area (Å²) in [6.45, 7) is 8.13. The van der Waals surface area contributed by atoms with Crippen LogP contribution in [0.1, 0.15) is 32.6 Å². The molecule has 1 aliphatic rings. The fourth-order valence-electron chi connectivity index (χ4n) is 2.45. The fourth-order valence-corrected chi connectivity index (χ4v) is 5.34. The average Bonchev–Trinajstić information content (AvgIpc) is 2.70. The quantitative estimate of drug-likeness (QED) is 0.871. The van der Waals surface area contributed by atoms with Crippen LogP contribution in [0.3, 0.4) is 0 Å². The first kappa shape index (κ1) is 15.5. The van der Waals surface area contributed by atoms with Gasteiger partial charge in [-0.05, 0) is 23.0 Å². The number of hydrogen-bond donors (Lipinski definition) is 2. The van der Waals surface area contributed by atoms with E-state index in [9.17, 15) is 13.2 Å². The van der Waals surface area contributed by atoms with Crippen molar-refractivity contribution in [2.75, 3.05) is 0 Å². The Morgan fingerprint density at radius 2 is 1.85 bits per heavy atom. The lowest BCUT2D eigenvalue weighted by Crippen LogP contribution is -2.29. The molecule has 0 saturated heterocycles. The first-order valence-corrected chi connectivity index (χ1v) is 8.61. The van der Waals surface area contributed by atoms with Gasteiger partial charge in [-0.1, -0.05) is 27.7 Å². The molecule has 1 saturated carbocycles. The molecule has 7 heteroatoms. The number of carboxylic acids is 1. The molecule has 0 spiro atoms. The lowest BCUT2D eigenvalue weighted by molar-refractivity contribution is -0.136. The molecule has 112 valence electrons. The van der Waals surface area contributed by atoms with Crippen LogP contribution in [0, 0.1) is 10.8 Å². The highest BCUT2D eigenvalue weighted by molar-refractivity contribution is 7.91. The van der Waals surface area contributed by atoms with Crippen LogP contribution < -0.4 is 4.72 Å². The van der Waals surface area contributed by atoms with Gasteiger partial charge < -0.3 is 5.11 Å². The van der Waals surface area contributed by atoms with Gasteiger partial charge in [0.2, 0.25) is 10.0 Å². The Morgan fingerprint density at radius 3 is 2.30 bits per heavy atom. The van der Waals surface area contributed by atoms with Crippen LogP contribution in [0.2, 0.25) is 0 Å². The summed E-state index contributed by atoms with van der Waals surface area (Å²) in [7, 11) is -3.58. The summed E-state index contributed by atoms with van der Waals surface area (Å²) in [5.74, 6) is -0.965. The van der Waals surface area contributed by atoms with E-state index >= 15 is 0 Å². The van der Waals surface area contributed by atoms with Gasteiger partial charge in [0.15, 0.2) is 0 Å². The van der Waals surface area contributed by atoms with Gasteiger partial charge in [-0.15, -0.1) is 11.3 Å². The highest BCUT2D eigenvalue weighted by atomic mass is 32.2. The van der Waals surface area contributed by atoms with Crippen LogP contribution in [0.5, 0.6) is 0 Å². The summed E-state index contributed by atoms with van der Waals surface area (Å²) >= 11 is 1.01. The molecule has 0 amide bonds. The number of thiophene rings is 1. The lowest BCUT2D eigenvalue weighted by atomic mass is 10.0. The van der Waals surface area contributed by atoms with E-state index in [0.717, 1.165) is 11.3 Å². The van der Waals surface area contributed by atoms with Gasteiger partial charge in [0, 0.05) is 10.9 Å². The third-order valence-electron chi connectivity index (χ3n) is 4.52. The number of sulfonamides is 1. The second-order valence-electron chi connectivity index (χ2n) is 6.29. The van der Waals surface area contributed by atoms with Crippen molar-refractivity contribution in [1.29, 1.82) is 0 Å². The number of rotatable bonds is 5. The molecule has 1 aromatic rings. The normalized spacial score (nSPS) is 20.8. The Balaban J connectivity index is 2.16. The molecule has 0 unspecified atom stereocenters. The third kappa shape index (κ3) is 2.49. The van der Waals surface area contributed by atoms with Crippen molar-refractivity contribution >= 4 is 27.3 Å². The maximum absolute atomic E-state index is 12.3. The number of aliphatic carboxylic acids is 1. The predicted octanol–water partition coefficient (Wildman–Crippen LogP) is 2.09. The summed E-state index contributed by atoms with van der Waals surface area (Å²) in [6, 6.07) is 2.91. The SMILES string of the molecule is CC1(C)C(NS(=O)(=O)c2ccc(CC(=O)O)s2)C1(C)C. The van der Waals surface area contributed by atoms with E-state index in [1.165, 1.54) is 6.07 Å². The van der Waals surface area contributed by atoms with E-state index < -0.39 is 16.0 Å². The van der Waals surface area contributed by atoms with Crippen molar-refractivity contribution in [3.05, 3.63) is 17.0 Å². The Kier molecular flexibility index (Phi) is 3.51. The minimum Gasteiger partial charge on any atom is -0.481 e. The van der Waals surface area contributed by atoms with Crippen molar-refractivity contribution in [2.24, 2.45) is 10.8 Å². The number of carbonyl (C=O) groups is 1. The smallest absolute Gasteiger partial charge is 0.308 e. The molecule has 0 bridgehead atoms. The molecule has 2 rings (SSSR count). The summed E-state index contributed by atoms with van der Waals surface area (Å²) in [4.78, 5) is 11.2. The Bertz CT molecular complexity index is 629.